The summed E-state index contributed by atoms with van der Waals surface area (Å²) in [6.45, 7) is 0. The average Bonchev–Trinajstić information content (AvgIpc) is 2.29. The predicted octanol–water partition coefficient (Wildman–Crippen LogP) is 2.05. The van der Waals surface area contributed by atoms with Crippen molar-refractivity contribution < 1.29 is 0 Å². The van der Waals surface area contributed by atoms with Gasteiger partial charge in [0.25, 0.3) is 11.5 Å². The van der Waals surface area contributed by atoms with Crippen LogP contribution in [-0.2, 0) is 0 Å². The lowest BCUT2D eigenvalue weighted by atomic mass is 10.1. The van der Waals surface area contributed by atoms with Crippen molar-refractivity contribution in [2.24, 2.45) is 16.2 Å². The first-order chi connectivity index (χ1) is 8.19. The van der Waals surface area contributed by atoms with Gasteiger partial charge in [0.15, 0.2) is 0 Å². The van der Waals surface area contributed by atoms with Gasteiger partial charge in [0.1, 0.15) is 0 Å². The van der Waals surface area contributed by atoms with Crippen LogP contribution in [0, 0.1) is 0 Å². The topological polar surface area (TPSA) is 96.5 Å². The van der Waals surface area contributed by atoms with Crippen LogP contribution in [0.4, 0.5) is 5.95 Å². The van der Waals surface area contributed by atoms with Crippen LogP contribution in [0.1, 0.15) is 0 Å². The zero-order valence-corrected chi connectivity index (χ0v) is 9.35. The van der Waals surface area contributed by atoms with E-state index in [0.29, 0.717) is 10.7 Å². The number of halogens is 1. The molecule has 0 unspecified atom stereocenters. The molecule has 0 bridgehead atoms. The molecule has 0 fully saturated rings. The Morgan fingerprint density at radius 3 is 2.65 bits per heavy atom. The number of hydrogen-bond donors (Lipinski definition) is 2. The van der Waals surface area contributed by atoms with E-state index >= 15 is 0 Å². The van der Waals surface area contributed by atoms with Gasteiger partial charge in [0.05, 0.1) is 5.69 Å². The number of nitrogens with zero attached hydrogens (tertiary/aromatic N) is 3. The van der Waals surface area contributed by atoms with Crippen LogP contribution in [0.5, 0.6) is 0 Å². The highest BCUT2D eigenvalue weighted by Crippen LogP contribution is 2.19. The van der Waals surface area contributed by atoms with Crippen molar-refractivity contribution in [3.63, 3.8) is 0 Å². The molecule has 0 aliphatic carbocycles. The molecule has 17 heavy (non-hydrogen) atoms. The van der Waals surface area contributed by atoms with E-state index in [1.54, 1.807) is 24.3 Å². The van der Waals surface area contributed by atoms with E-state index in [2.05, 4.69) is 20.3 Å². The zero-order valence-electron chi connectivity index (χ0n) is 8.59. The summed E-state index contributed by atoms with van der Waals surface area (Å²) in [5.74, 6) is 4.96. The number of aromatic nitrogens is 2. The van der Waals surface area contributed by atoms with Crippen molar-refractivity contribution >= 4 is 17.5 Å². The first-order valence-electron chi connectivity index (χ1n) is 4.67. The van der Waals surface area contributed by atoms with Crippen LogP contribution < -0.4 is 11.4 Å². The van der Waals surface area contributed by atoms with E-state index < -0.39 is 0 Å². The van der Waals surface area contributed by atoms with Crippen LogP contribution in [-0.4, -0.2) is 9.97 Å². The molecule has 1 heterocycles. The minimum Gasteiger partial charge on any atom is -0.304 e. The number of H-pyrrole nitrogens is 1. The summed E-state index contributed by atoms with van der Waals surface area (Å²) in [7, 11) is 0. The van der Waals surface area contributed by atoms with Gasteiger partial charge < -0.3 is 5.84 Å². The first kappa shape index (κ1) is 11.3. The van der Waals surface area contributed by atoms with Crippen LogP contribution >= 0.6 is 11.6 Å². The van der Waals surface area contributed by atoms with Gasteiger partial charge in [-0.15, -0.1) is 0 Å². The van der Waals surface area contributed by atoms with Crippen LogP contribution in [0.2, 0.25) is 5.02 Å². The summed E-state index contributed by atoms with van der Waals surface area (Å²) < 4.78 is 0. The molecule has 6 nitrogen and oxygen atoms in total. The van der Waals surface area contributed by atoms with Crippen LogP contribution in [0.25, 0.3) is 11.3 Å². The molecule has 1 aromatic heterocycles. The summed E-state index contributed by atoms with van der Waals surface area (Å²) in [4.78, 5) is 17.8. The fourth-order valence-corrected chi connectivity index (χ4v) is 1.44. The molecule has 1 aromatic carbocycles. The van der Waals surface area contributed by atoms with Crippen LogP contribution in [0.3, 0.4) is 0 Å². The fraction of sp³-hybridized carbons (Fsp3) is 0. The van der Waals surface area contributed by atoms with Gasteiger partial charge in [-0.05, 0) is 12.1 Å². The van der Waals surface area contributed by atoms with Crippen molar-refractivity contribution in [1.29, 1.82) is 0 Å². The average molecular weight is 250 g/mol. The number of nitrogens with one attached hydrogen (secondary N) is 1. The lowest BCUT2D eigenvalue weighted by Crippen LogP contribution is -2.05. The quantitative estimate of drug-likeness (QED) is 0.484. The van der Waals surface area contributed by atoms with Gasteiger partial charge in [0, 0.05) is 16.7 Å². The Morgan fingerprint density at radius 1 is 1.29 bits per heavy atom. The Hall–Kier alpha value is -2.21. The number of benzene rings is 1. The molecule has 0 saturated carbocycles. The van der Waals surface area contributed by atoms with E-state index in [1.807, 2.05) is 0 Å². The molecule has 0 spiro atoms. The third-order valence-electron chi connectivity index (χ3n) is 2.02. The largest absolute Gasteiger partial charge is 0.304 e. The maximum Gasteiger partial charge on any atom is 0.252 e. The molecule has 0 aliphatic heterocycles. The standard InChI is InChI=1S/C10H8ClN5O/c11-7-3-1-6(2-4-7)8-5-9(17)14-10(13-8)15-16-12/h1-5H,(H3,12,13,14,15,17). The minimum absolute atomic E-state index is 0.0601. The van der Waals surface area contributed by atoms with Gasteiger partial charge in [-0.25, -0.2) is 4.98 Å². The van der Waals surface area contributed by atoms with Crippen molar-refractivity contribution in [3.05, 3.63) is 45.7 Å². The summed E-state index contributed by atoms with van der Waals surface area (Å²) >= 11 is 5.77. The Bertz CT molecular complexity index is 605. The summed E-state index contributed by atoms with van der Waals surface area (Å²) in [5.41, 5.74) is 0.911. The lowest BCUT2D eigenvalue weighted by Gasteiger charge is -2.00. The van der Waals surface area contributed by atoms with Crippen molar-refractivity contribution in [1.82, 2.24) is 9.97 Å². The van der Waals surface area contributed by atoms with Gasteiger partial charge in [0.2, 0.25) is 0 Å². The highest BCUT2D eigenvalue weighted by Gasteiger charge is 2.03. The normalized spacial score (nSPS) is 10.9. The third kappa shape index (κ3) is 2.67. The third-order valence-corrected chi connectivity index (χ3v) is 2.27. The smallest absolute Gasteiger partial charge is 0.252 e. The number of hydrogen-bond acceptors (Lipinski definition) is 4. The Morgan fingerprint density at radius 2 is 2.00 bits per heavy atom. The lowest BCUT2D eigenvalue weighted by molar-refractivity contribution is 0.981. The van der Waals surface area contributed by atoms with Crippen LogP contribution in [0.15, 0.2) is 45.5 Å². The van der Waals surface area contributed by atoms with Gasteiger partial charge >= 0.3 is 0 Å². The molecule has 0 saturated heterocycles. The molecular weight excluding hydrogens is 242 g/mol. The second kappa shape index (κ2) is 4.75. The summed E-state index contributed by atoms with van der Waals surface area (Å²) in [6.07, 6.45) is 0. The number of rotatable bonds is 2. The number of nitrogens with two attached hydrogens (primary N) is 1. The Balaban J connectivity index is 2.51. The van der Waals surface area contributed by atoms with Crippen molar-refractivity contribution in [2.45, 2.75) is 0 Å². The molecule has 2 aromatic rings. The van der Waals surface area contributed by atoms with Gasteiger partial charge in [-0.3, -0.25) is 9.78 Å². The molecule has 0 atom stereocenters. The highest BCUT2D eigenvalue weighted by atomic mass is 35.5. The zero-order chi connectivity index (χ0) is 12.3. The summed E-state index contributed by atoms with van der Waals surface area (Å²) in [6, 6.07) is 8.30. The first-order valence-corrected chi connectivity index (χ1v) is 5.05. The van der Waals surface area contributed by atoms with E-state index in [9.17, 15) is 4.79 Å². The molecule has 0 radical (unpaired) electrons. The monoisotopic (exact) mass is 249 g/mol. The Kier molecular flexibility index (Phi) is 3.15. The van der Waals surface area contributed by atoms with Gasteiger partial charge in [-0.1, -0.05) is 34.1 Å². The number of aromatic amines is 1. The fourth-order valence-electron chi connectivity index (χ4n) is 1.32. The van der Waals surface area contributed by atoms with E-state index in [0.717, 1.165) is 5.56 Å². The second-order valence-electron chi connectivity index (χ2n) is 3.18. The molecule has 2 rings (SSSR count). The maximum atomic E-state index is 11.4. The molecule has 7 heteroatoms. The molecule has 3 N–H and O–H groups in total. The highest BCUT2D eigenvalue weighted by molar-refractivity contribution is 6.30. The maximum absolute atomic E-state index is 11.4. The van der Waals surface area contributed by atoms with Crippen molar-refractivity contribution in [3.8, 4) is 11.3 Å². The molecule has 86 valence electrons. The van der Waals surface area contributed by atoms with Crippen molar-refractivity contribution in [2.75, 3.05) is 0 Å². The molecule has 0 aliphatic rings. The minimum atomic E-state index is -0.327. The second-order valence-corrected chi connectivity index (χ2v) is 3.61. The SMILES string of the molecule is NN=Nc1nc(-c2ccc(Cl)cc2)cc(=O)[nH]1. The molecular formula is C10H8ClN5O. The van der Waals surface area contributed by atoms with E-state index in [4.69, 9.17) is 17.4 Å². The van der Waals surface area contributed by atoms with Gasteiger partial charge in [-0.2, -0.15) is 0 Å². The Labute approximate surface area is 101 Å². The summed E-state index contributed by atoms with van der Waals surface area (Å²) in [5, 5.41) is 7.16. The predicted molar refractivity (Wildman–Crippen MR) is 64.0 cm³/mol. The van der Waals surface area contributed by atoms with E-state index in [-0.39, 0.29) is 11.5 Å². The molecule has 0 amide bonds. The van der Waals surface area contributed by atoms with E-state index in [1.165, 1.54) is 6.07 Å².